The average Bonchev–Trinajstić information content (AvgIpc) is 3.23. The molecule has 0 saturated carbocycles. The number of benzene rings is 2. The summed E-state index contributed by atoms with van der Waals surface area (Å²) in [5, 5.41) is 8.91. The lowest BCUT2D eigenvalue weighted by Crippen LogP contribution is -2.16. The van der Waals surface area contributed by atoms with Crippen LogP contribution in [0.5, 0.6) is 11.5 Å². The number of rotatable bonds is 6. The number of aliphatic hydroxyl groups is 1. The molecule has 0 fully saturated rings. The van der Waals surface area contributed by atoms with Gasteiger partial charge in [-0.3, -0.25) is 4.72 Å². The zero-order valence-electron chi connectivity index (χ0n) is 17.7. The van der Waals surface area contributed by atoms with E-state index in [0.29, 0.717) is 30.0 Å². The highest BCUT2D eigenvalue weighted by Gasteiger charge is 2.31. The first-order chi connectivity index (χ1) is 15.4. The van der Waals surface area contributed by atoms with E-state index in [1.165, 1.54) is 11.3 Å². The number of aliphatic hydroxyl groups excluding tert-OH is 1. The third-order valence-electron chi connectivity index (χ3n) is 4.92. The number of thiophene rings is 1. The summed E-state index contributed by atoms with van der Waals surface area (Å²) in [6.07, 6.45) is 2.00. The lowest BCUT2D eigenvalue weighted by Gasteiger charge is -2.29. The van der Waals surface area contributed by atoms with Gasteiger partial charge in [0.25, 0.3) is 0 Å². The fourth-order valence-electron chi connectivity index (χ4n) is 3.61. The number of ether oxygens (including phenoxy) is 2. The van der Waals surface area contributed by atoms with Crippen LogP contribution in [0.25, 0.3) is 11.1 Å². The predicted molar refractivity (Wildman–Crippen MR) is 127 cm³/mol. The van der Waals surface area contributed by atoms with Gasteiger partial charge in [-0.1, -0.05) is 24.0 Å². The van der Waals surface area contributed by atoms with Crippen molar-refractivity contribution in [2.24, 2.45) is 0 Å². The second-order valence-electron chi connectivity index (χ2n) is 7.34. The Morgan fingerprint density at radius 1 is 1.22 bits per heavy atom. The number of sulfonamides is 1. The van der Waals surface area contributed by atoms with Crippen LogP contribution in [0.15, 0.2) is 48.5 Å². The van der Waals surface area contributed by atoms with E-state index in [9.17, 15) is 8.42 Å². The molecular formula is C24H23NO5S2. The minimum atomic E-state index is -3.42. The van der Waals surface area contributed by atoms with Crippen LogP contribution >= 0.6 is 11.3 Å². The highest BCUT2D eigenvalue weighted by atomic mass is 32.2. The molecule has 2 N–H and O–H groups in total. The van der Waals surface area contributed by atoms with Crippen molar-refractivity contribution in [1.82, 2.24) is 0 Å². The number of unbranched alkanes of at least 4 members (excludes halogenated alkanes) is 1. The number of hydrogen-bond acceptors (Lipinski definition) is 6. The molecule has 1 atom stereocenters. The van der Waals surface area contributed by atoms with Crippen LogP contribution in [0.1, 0.15) is 34.3 Å². The van der Waals surface area contributed by atoms with E-state index in [2.05, 4.69) is 16.6 Å². The van der Waals surface area contributed by atoms with Gasteiger partial charge in [0, 0.05) is 24.3 Å². The van der Waals surface area contributed by atoms with Gasteiger partial charge in [-0.2, -0.15) is 0 Å². The standard InChI is InChI=1S/C24H23NO5S2/c1-29-20-8-6-9-21-23(20)18-12-10-16(25-32(2,27)28)15-19(18)24(30-21)22-13-11-17(31-22)7-4-3-5-14-26/h6,8-13,15,24-26H,3,5,14H2,1-2H3. The summed E-state index contributed by atoms with van der Waals surface area (Å²) in [5.41, 5.74) is 3.08. The Labute approximate surface area is 191 Å². The van der Waals surface area contributed by atoms with E-state index in [1.807, 2.05) is 42.5 Å². The minimum Gasteiger partial charge on any atom is -0.496 e. The maximum absolute atomic E-state index is 11.8. The van der Waals surface area contributed by atoms with E-state index in [-0.39, 0.29) is 6.61 Å². The molecule has 32 heavy (non-hydrogen) atoms. The normalized spacial score (nSPS) is 14.4. The second kappa shape index (κ2) is 9.25. The number of hydrogen-bond donors (Lipinski definition) is 2. The Hall–Kier alpha value is -2.99. The van der Waals surface area contributed by atoms with Gasteiger partial charge in [0.05, 0.1) is 28.7 Å². The molecule has 0 bridgehead atoms. The highest BCUT2D eigenvalue weighted by molar-refractivity contribution is 7.92. The minimum absolute atomic E-state index is 0.129. The molecule has 0 aliphatic carbocycles. The van der Waals surface area contributed by atoms with Gasteiger partial charge in [0.15, 0.2) is 6.10 Å². The molecule has 1 unspecified atom stereocenters. The Bertz CT molecular complexity index is 1300. The summed E-state index contributed by atoms with van der Waals surface area (Å²) in [4.78, 5) is 1.87. The molecule has 3 aromatic rings. The van der Waals surface area contributed by atoms with Gasteiger partial charge in [0.1, 0.15) is 11.5 Å². The smallest absolute Gasteiger partial charge is 0.229 e. The zero-order valence-corrected chi connectivity index (χ0v) is 19.3. The number of nitrogens with one attached hydrogen (secondary N) is 1. The molecule has 0 radical (unpaired) electrons. The number of anilines is 1. The molecule has 0 amide bonds. The number of fused-ring (bicyclic) bond motifs is 3. The van der Waals surface area contributed by atoms with Crippen LogP contribution in [0, 0.1) is 11.8 Å². The van der Waals surface area contributed by atoms with E-state index < -0.39 is 16.1 Å². The molecule has 8 heteroatoms. The summed E-state index contributed by atoms with van der Waals surface area (Å²) in [7, 11) is -1.81. The third kappa shape index (κ3) is 4.75. The van der Waals surface area contributed by atoms with Gasteiger partial charge < -0.3 is 14.6 Å². The predicted octanol–water partition coefficient (Wildman–Crippen LogP) is 4.40. The van der Waals surface area contributed by atoms with Crippen molar-refractivity contribution >= 4 is 27.0 Å². The summed E-state index contributed by atoms with van der Waals surface area (Å²) in [6, 6.07) is 15.0. The van der Waals surface area contributed by atoms with Crippen molar-refractivity contribution in [2.45, 2.75) is 18.9 Å². The second-order valence-corrected chi connectivity index (χ2v) is 10.2. The van der Waals surface area contributed by atoms with Crippen LogP contribution in [0.3, 0.4) is 0 Å². The van der Waals surface area contributed by atoms with Gasteiger partial charge in [-0.25, -0.2) is 8.42 Å². The first-order valence-corrected chi connectivity index (χ1v) is 12.8. The van der Waals surface area contributed by atoms with Crippen LogP contribution in [0.2, 0.25) is 0 Å². The first kappa shape index (κ1) is 22.2. The molecule has 1 aliphatic rings. The van der Waals surface area contributed by atoms with Crippen molar-refractivity contribution in [3.63, 3.8) is 0 Å². The average molecular weight is 470 g/mol. The van der Waals surface area contributed by atoms with Gasteiger partial charge in [-0.05, 0) is 48.4 Å². The largest absolute Gasteiger partial charge is 0.496 e. The maximum atomic E-state index is 11.8. The SMILES string of the molecule is COc1cccc2c1-c1ccc(NS(C)(=O)=O)cc1C(c1ccc(C#CCCCO)s1)O2. The van der Waals surface area contributed by atoms with E-state index >= 15 is 0 Å². The Morgan fingerprint density at radius 2 is 2.06 bits per heavy atom. The van der Waals surface area contributed by atoms with Crippen LogP contribution in [-0.2, 0) is 10.0 Å². The number of methoxy groups -OCH3 is 1. The molecule has 2 aromatic carbocycles. The highest BCUT2D eigenvalue weighted by Crippen LogP contribution is 2.50. The summed E-state index contributed by atoms with van der Waals surface area (Å²) < 4.78 is 38.1. The van der Waals surface area contributed by atoms with Gasteiger partial charge in [0.2, 0.25) is 10.0 Å². The van der Waals surface area contributed by atoms with Crippen molar-refractivity contribution in [3.8, 4) is 34.5 Å². The molecule has 4 rings (SSSR count). The Kier molecular flexibility index (Phi) is 6.42. The molecule has 2 heterocycles. The van der Waals surface area contributed by atoms with Gasteiger partial charge >= 0.3 is 0 Å². The summed E-state index contributed by atoms with van der Waals surface area (Å²) in [5.74, 6) is 7.59. The Balaban J connectivity index is 1.79. The maximum Gasteiger partial charge on any atom is 0.229 e. The fourth-order valence-corrected chi connectivity index (χ4v) is 5.10. The lowest BCUT2D eigenvalue weighted by molar-refractivity contribution is 0.246. The first-order valence-electron chi connectivity index (χ1n) is 10.0. The molecule has 0 spiro atoms. The van der Waals surface area contributed by atoms with Crippen molar-refractivity contribution < 1.29 is 23.0 Å². The molecule has 1 aliphatic heterocycles. The topological polar surface area (TPSA) is 84.9 Å². The quantitative estimate of drug-likeness (QED) is 0.413. The van der Waals surface area contributed by atoms with Crippen LogP contribution in [0.4, 0.5) is 5.69 Å². The van der Waals surface area contributed by atoms with Crippen molar-refractivity contribution in [1.29, 1.82) is 0 Å². The summed E-state index contributed by atoms with van der Waals surface area (Å²) >= 11 is 1.53. The molecule has 0 saturated heterocycles. The molecular weight excluding hydrogens is 446 g/mol. The monoisotopic (exact) mass is 469 g/mol. The van der Waals surface area contributed by atoms with Crippen LogP contribution < -0.4 is 14.2 Å². The van der Waals surface area contributed by atoms with Crippen molar-refractivity contribution in [3.05, 3.63) is 63.8 Å². The van der Waals surface area contributed by atoms with E-state index in [0.717, 1.165) is 32.7 Å². The van der Waals surface area contributed by atoms with Gasteiger partial charge in [-0.15, -0.1) is 11.3 Å². The van der Waals surface area contributed by atoms with E-state index in [1.54, 1.807) is 13.2 Å². The summed E-state index contributed by atoms with van der Waals surface area (Å²) in [6.45, 7) is 0.129. The molecule has 166 valence electrons. The van der Waals surface area contributed by atoms with Crippen molar-refractivity contribution in [2.75, 3.05) is 24.7 Å². The molecule has 1 aromatic heterocycles. The zero-order chi connectivity index (χ0) is 22.7. The third-order valence-corrected chi connectivity index (χ3v) is 6.57. The van der Waals surface area contributed by atoms with E-state index in [4.69, 9.17) is 14.6 Å². The Morgan fingerprint density at radius 3 is 2.81 bits per heavy atom. The lowest BCUT2D eigenvalue weighted by atomic mass is 9.91. The fraction of sp³-hybridized carbons (Fsp3) is 0.250. The van der Waals surface area contributed by atoms with Crippen LogP contribution in [-0.4, -0.2) is 33.5 Å². The molecule has 6 nitrogen and oxygen atoms in total.